The van der Waals surface area contributed by atoms with Gasteiger partial charge in [0.1, 0.15) is 0 Å². The van der Waals surface area contributed by atoms with Crippen molar-refractivity contribution in [2.24, 2.45) is 10.7 Å². The number of fused-ring (bicyclic) bond motifs is 1. The Balaban J connectivity index is 1.78. The SMILES string of the molecule is NC(=O)CC(=C1C=Nc2ccccc21)c1sc(Nc2ccccc2)nc1O. The average Bonchev–Trinajstić information content (AvgIpc) is 3.24. The molecule has 0 atom stereocenters. The van der Waals surface area contributed by atoms with Crippen molar-refractivity contribution in [3.05, 3.63) is 65.0 Å². The van der Waals surface area contributed by atoms with Gasteiger partial charge < -0.3 is 16.2 Å². The van der Waals surface area contributed by atoms with Crippen LogP contribution >= 0.6 is 11.3 Å². The number of rotatable bonds is 5. The quantitative estimate of drug-likeness (QED) is 0.624. The molecule has 1 aliphatic heterocycles. The summed E-state index contributed by atoms with van der Waals surface area (Å²) in [5.41, 5.74) is 9.44. The zero-order chi connectivity index (χ0) is 18.8. The molecule has 1 aliphatic rings. The van der Waals surface area contributed by atoms with Crippen LogP contribution in [0.3, 0.4) is 0 Å². The number of aromatic nitrogens is 1. The summed E-state index contributed by atoms with van der Waals surface area (Å²) in [7, 11) is 0. The number of aliphatic imine (C=N–C) groups is 1. The fourth-order valence-corrected chi connectivity index (χ4v) is 3.87. The number of hydrogen-bond donors (Lipinski definition) is 3. The van der Waals surface area contributed by atoms with Crippen LogP contribution in [-0.4, -0.2) is 22.2 Å². The molecule has 134 valence electrons. The van der Waals surface area contributed by atoms with Gasteiger partial charge in [0.15, 0.2) is 5.13 Å². The van der Waals surface area contributed by atoms with Gasteiger partial charge in [-0.05, 0) is 23.8 Å². The smallest absolute Gasteiger partial charge is 0.231 e. The van der Waals surface area contributed by atoms with Crippen LogP contribution < -0.4 is 11.1 Å². The molecule has 3 aromatic rings. The molecular weight excluding hydrogens is 360 g/mol. The number of thiazole rings is 1. The monoisotopic (exact) mass is 376 g/mol. The van der Waals surface area contributed by atoms with Gasteiger partial charge in [0, 0.05) is 23.0 Å². The highest BCUT2D eigenvalue weighted by molar-refractivity contribution is 7.17. The third-order valence-corrected chi connectivity index (χ3v) is 5.13. The average molecular weight is 376 g/mol. The van der Waals surface area contributed by atoms with Crippen LogP contribution in [0.4, 0.5) is 16.5 Å². The number of nitrogens with one attached hydrogen (secondary N) is 1. The zero-order valence-electron chi connectivity index (χ0n) is 14.2. The van der Waals surface area contributed by atoms with Crippen molar-refractivity contribution < 1.29 is 9.90 Å². The van der Waals surface area contributed by atoms with E-state index in [1.807, 2.05) is 54.6 Å². The molecule has 0 radical (unpaired) electrons. The molecule has 1 aromatic heterocycles. The summed E-state index contributed by atoms with van der Waals surface area (Å²) < 4.78 is 0. The molecule has 0 saturated carbocycles. The van der Waals surface area contributed by atoms with Crippen LogP contribution in [0.5, 0.6) is 5.88 Å². The van der Waals surface area contributed by atoms with Gasteiger partial charge in [0.05, 0.1) is 17.0 Å². The van der Waals surface area contributed by atoms with Crippen molar-refractivity contribution in [3.8, 4) is 5.88 Å². The number of primary amides is 1. The number of nitrogens with zero attached hydrogens (tertiary/aromatic N) is 2. The van der Waals surface area contributed by atoms with Crippen molar-refractivity contribution in [2.75, 3.05) is 5.32 Å². The lowest BCUT2D eigenvalue weighted by Gasteiger charge is -2.08. The van der Waals surface area contributed by atoms with E-state index < -0.39 is 5.91 Å². The Bertz CT molecular complexity index is 1070. The summed E-state index contributed by atoms with van der Waals surface area (Å²) in [6, 6.07) is 17.2. The largest absolute Gasteiger partial charge is 0.492 e. The molecule has 4 N–H and O–H groups in total. The number of anilines is 2. The lowest BCUT2D eigenvalue weighted by molar-refractivity contribution is -0.117. The van der Waals surface area contributed by atoms with Crippen LogP contribution in [0.2, 0.25) is 0 Å². The number of nitrogens with two attached hydrogens (primary N) is 1. The minimum Gasteiger partial charge on any atom is -0.492 e. The van der Waals surface area contributed by atoms with Gasteiger partial charge >= 0.3 is 0 Å². The number of amides is 1. The number of para-hydroxylation sites is 2. The van der Waals surface area contributed by atoms with Crippen molar-refractivity contribution in [1.29, 1.82) is 0 Å². The number of carbonyl (C=O) groups excluding carboxylic acids is 1. The fraction of sp³-hybridized carbons (Fsp3) is 0.0500. The van der Waals surface area contributed by atoms with Gasteiger partial charge in [0.2, 0.25) is 11.8 Å². The Hall–Kier alpha value is -3.45. The summed E-state index contributed by atoms with van der Waals surface area (Å²) in [5.74, 6) is -0.624. The Morgan fingerprint density at radius 2 is 1.85 bits per heavy atom. The van der Waals surface area contributed by atoms with Crippen LogP contribution in [-0.2, 0) is 4.79 Å². The molecule has 0 saturated heterocycles. The Morgan fingerprint density at radius 1 is 1.11 bits per heavy atom. The standard InChI is InChI=1S/C20H16N4O2S/c21-17(25)10-14(15-11-22-16-9-5-4-8-13(15)16)18-19(26)24-20(27-18)23-12-6-2-1-3-7-12/h1-9,11,26H,10H2,(H2,21,25)(H,23,24). The number of carbonyl (C=O) groups is 1. The van der Waals surface area contributed by atoms with Gasteiger partial charge in [-0.25, -0.2) is 0 Å². The summed E-state index contributed by atoms with van der Waals surface area (Å²) in [6.45, 7) is 0. The molecule has 0 bridgehead atoms. The van der Waals surface area contributed by atoms with E-state index in [4.69, 9.17) is 5.73 Å². The summed E-state index contributed by atoms with van der Waals surface area (Å²) in [6.07, 6.45) is 1.68. The van der Waals surface area contributed by atoms with E-state index in [1.165, 1.54) is 11.3 Å². The van der Waals surface area contributed by atoms with Crippen molar-refractivity contribution in [1.82, 2.24) is 4.98 Å². The maximum Gasteiger partial charge on any atom is 0.231 e. The first kappa shape index (κ1) is 17.0. The number of benzene rings is 2. The minimum atomic E-state index is -0.486. The van der Waals surface area contributed by atoms with E-state index in [1.54, 1.807) is 6.21 Å². The second kappa shape index (κ2) is 7.05. The number of allylic oxidation sites excluding steroid dienone is 1. The maximum absolute atomic E-state index is 11.7. The van der Waals surface area contributed by atoms with E-state index in [2.05, 4.69) is 15.3 Å². The molecule has 1 amide bonds. The van der Waals surface area contributed by atoms with Gasteiger partial charge in [0.25, 0.3) is 0 Å². The number of aromatic hydroxyl groups is 1. The topological polar surface area (TPSA) is 101 Å². The molecule has 7 heteroatoms. The first-order chi connectivity index (χ1) is 13.1. The maximum atomic E-state index is 11.7. The van der Waals surface area contributed by atoms with Crippen LogP contribution in [0, 0.1) is 0 Å². The molecule has 2 aromatic carbocycles. The third-order valence-electron chi connectivity index (χ3n) is 4.11. The van der Waals surface area contributed by atoms with E-state index in [9.17, 15) is 9.90 Å². The predicted molar refractivity (Wildman–Crippen MR) is 109 cm³/mol. The first-order valence-electron chi connectivity index (χ1n) is 8.29. The lowest BCUT2D eigenvalue weighted by atomic mass is 9.98. The normalized spacial score (nSPS) is 14.1. The highest BCUT2D eigenvalue weighted by Crippen LogP contribution is 2.43. The highest BCUT2D eigenvalue weighted by Gasteiger charge is 2.23. The Labute approximate surface area is 159 Å². The van der Waals surface area contributed by atoms with Gasteiger partial charge in [-0.1, -0.05) is 47.7 Å². The second-order valence-electron chi connectivity index (χ2n) is 5.97. The summed E-state index contributed by atoms with van der Waals surface area (Å²) in [5, 5.41) is 14.1. The molecule has 0 spiro atoms. The Morgan fingerprint density at radius 3 is 2.63 bits per heavy atom. The predicted octanol–water partition coefficient (Wildman–Crippen LogP) is 4.09. The van der Waals surface area contributed by atoms with Gasteiger partial charge in [-0.3, -0.25) is 9.79 Å². The first-order valence-corrected chi connectivity index (χ1v) is 9.10. The van der Waals surface area contributed by atoms with Crippen LogP contribution in [0.1, 0.15) is 16.9 Å². The Kier molecular flexibility index (Phi) is 4.43. The summed E-state index contributed by atoms with van der Waals surface area (Å²) >= 11 is 1.27. The molecule has 0 fully saturated rings. The summed E-state index contributed by atoms with van der Waals surface area (Å²) in [4.78, 5) is 20.8. The molecule has 0 aliphatic carbocycles. The second-order valence-corrected chi connectivity index (χ2v) is 6.97. The van der Waals surface area contributed by atoms with E-state index in [0.717, 1.165) is 22.5 Å². The van der Waals surface area contributed by atoms with Crippen molar-refractivity contribution in [2.45, 2.75) is 6.42 Å². The minimum absolute atomic E-state index is 0.0176. The van der Waals surface area contributed by atoms with Gasteiger partial charge in [-0.15, -0.1) is 0 Å². The van der Waals surface area contributed by atoms with E-state index in [-0.39, 0.29) is 12.3 Å². The van der Waals surface area contributed by atoms with Crippen molar-refractivity contribution >= 4 is 51.1 Å². The highest BCUT2D eigenvalue weighted by atomic mass is 32.1. The molecule has 27 heavy (non-hydrogen) atoms. The molecule has 4 rings (SSSR count). The fourth-order valence-electron chi connectivity index (χ4n) is 2.94. The molecule has 6 nitrogen and oxygen atoms in total. The van der Waals surface area contributed by atoms with E-state index >= 15 is 0 Å². The van der Waals surface area contributed by atoms with Crippen molar-refractivity contribution in [3.63, 3.8) is 0 Å². The molecule has 0 unspecified atom stereocenters. The van der Waals surface area contributed by atoms with E-state index in [0.29, 0.717) is 15.6 Å². The third kappa shape index (κ3) is 3.45. The molecular formula is C20H16N4O2S. The van der Waals surface area contributed by atoms with Crippen LogP contribution in [0.15, 0.2) is 59.6 Å². The van der Waals surface area contributed by atoms with Crippen LogP contribution in [0.25, 0.3) is 11.1 Å². The number of hydrogen-bond acceptors (Lipinski definition) is 6. The zero-order valence-corrected chi connectivity index (χ0v) is 15.0. The molecule has 2 heterocycles. The lowest BCUT2D eigenvalue weighted by Crippen LogP contribution is -2.11. The van der Waals surface area contributed by atoms with Gasteiger partial charge in [-0.2, -0.15) is 4.98 Å².